The van der Waals surface area contributed by atoms with Crippen molar-refractivity contribution in [3.8, 4) is 0 Å². The average molecular weight is 272 g/mol. The molecule has 77 valence electrons. The molecule has 0 aliphatic heterocycles. The van der Waals surface area contributed by atoms with Crippen molar-refractivity contribution in [1.82, 2.24) is 0 Å². The minimum atomic E-state index is -0.0255. The van der Waals surface area contributed by atoms with E-state index < -0.39 is 0 Å². The van der Waals surface area contributed by atoms with E-state index in [1.54, 1.807) is 13.0 Å². The molecule has 0 atom stereocenters. The predicted octanol–water partition coefficient (Wildman–Crippen LogP) is 0.698. The molecule has 0 fully saturated rings. The fourth-order valence-electron chi connectivity index (χ4n) is 0.254. The first-order valence-electron chi connectivity index (χ1n) is 2.17. The summed E-state index contributed by atoms with van der Waals surface area (Å²) in [5.74, 6) is -0.0255. The van der Waals surface area contributed by atoms with E-state index >= 15 is 0 Å². The Morgan fingerprint density at radius 1 is 1.25 bits per heavy atom. The van der Waals surface area contributed by atoms with Crippen LogP contribution in [0.25, 0.3) is 0 Å². The Bertz CT molecular complexity index is 101. The fourth-order valence-corrected chi connectivity index (χ4v) is 0.254. The monoisotopic (exact) mass is 272 g/mol. The minimum absolute atomic E-state index is 0. The fraction of sp³-hybridized carbons (Fsp3) is 0.400. The molecule has 0 aromatic heterocycles. The van der Waals surface area contributed by atoms with Crippen LogP contribution >= 0.6 is 0 Å². The van der Waals surface area contributed by atoms with Gasteiger partial charge in [0.05, 0.1) is 6.54 Å². The Morgan fingerprint density at radius 2 is 1.58 bits per heavy atom. The molecule has 7 heteroatoms. The summed E-state index contributed by atoms with van der Waals surface area (Å²) in [5, 5.41) is 0. The second-order valence-electron chi connectivity index (χ2n) is 1.17. The summed E-state index contributed by atoms with van der Waals surface area (Å²) in [6.07, 6.45) is 3.13. The van der Waals surface area contributed by atoms with Crippen LogP contribution in [0.1, 0.15) is 6.92 Å². The molecular formula is C5H13F4NNbO. The molecule has 0 saturated heterocycles. The standard InChI is InChI=1S/C5H9NO.4FH.Nb/c1-2-3-5(7)4-6;;;;;/h2-3H,4,6H2,1H3;4*1H;. The Kier molecular flexibility index (Phi) is 105. The van der Waals surface area contributed by atoms with E-state index in [-0.39, 0.29) is 53.5 Å². The van der Waals surface area contributed by atoms with E-state index in [1.807, 2.05) is 0 Å². The second-order valence-corrected chi connectivity index (χ2v) is 1.17. The SMILES string of the molecule is CC=CC(=O)CN.F.F.F.F.[Nb]. The van der Waals surface area contributed by atoms with Gasteiger partial charge in [-0.05, 0) is 13.0 Å². The van der Waals surface area contributed by atoms with Gasteiger partial charge >= 0.3 is 0 Å². The van der Waals surface area contributed by atoms with Gasteiger partial charge in [-0.15, -0.1) is 0 Å². The minimum Gasteiger partial charge on any atom is -0.324 e. The van der Waals surface area contributed by atoms with E-state index in [9.17, 15) is 4.79 Å². The van der Waals surface area contributed by atoms with Crippen LogP contribution in [0.15, 0.2) is 12.2 Å². The predicted molar refractivity (Wildman–Crippen MR) is 38.9 cm³/mol. The van der Waals surface area contributed by atoms with Crippen molar-refractivity contribution in [3.63, 3.8) is 0 Å². The molecule has 0 saturated carbocycles. The van der Waals surface area contributed by atoms with Gasteiger partial charge in [-0.3, -0.25) is 23.6 Å². The van der Waals surface area contributed by atoms with Crippen molar-refractivity contribution in [1.29, 1.82) is 0 Å². The quantitative estimate of drug-likeness (QED) is 0.457. The number of halogens is 4. The van der Waals surface area contributed by atoms with E-state index in [0.717, 1.165) is 0 Å². The number of hydrogen-bond donors (Lipinski definition) is 1. The van der Waals surface area contributed by atoms with Crippen LogP contribution < -0.4 is 5.73 Å². The summed E-state index contributed by atoms with van der Waals surface area (Å²) in [4.78, 5) is 10.2. The molecule has 0 aliphatic carbocycles. The van der Waals surface area contributed by atoms with Crippen LogP contribution in [0.3, 0.4) is 0 Å². The normalized spacial score (nSPS) is 5.83. The van der Waals surface area contributed by atoms with Gasteiger partial charge in [0.25, 0.3) is 0 Å². The number of carbonyl (C=O) groups is 1. The molecule has 0 rings (SSSR count). The van der Waals surface area contributed by atoms with Gasteiger partial charge in [-0.25, -0.2) is 0 Å². The van der Waals surface area contributed by atoms with Crippen molar-refractivity contribution in [2.24, 2.45) is 5.73 Å². The molecule has 0 bridgehead atoms. The number of carbonyl (C=O) groups excluding carboxylic acids is 1. The Labute approximate surface area is 83.6 Å². The van der Waals surface area contributed by atoms with Gasteiger partial charge < -0.3 is 5.73 Å². The zero-order valence-electron chi connectivity index (χ0n) is 6.43. The van der Waals surface area contributed by atoms with Gasteiger partial charge in [0.2, 0.25) is 0 Å². The maximum absolute atomic E-state index is 10.2. The second kappa shape index (κ2) is 30.8. The van der Waals surface area contributed by atoms with E-state index in [1.165, 1.54) is 6.08 Å². The van der Waals surface area contributed by atoms with E-state index in [2.05, 4.69) is 0 Å². The van der Waals surface area contributed by atoms with Crippen molar-refractivity contribution < 1.29 is 46.0 Å². The maximum atomic E-state index is 10.2. The summed E-state index contributed by atoms with van der Waals surface area (Å²) < 4.78 is 0. The van der Waals surface area contributed by atoms with Crippen LogP contribution in [-0.2, 0) is 27.2 Å². The Morgan fingerprint density at radius 3 is 1.67 bits per heavy atom. The first-order valence-corrected chi connectivity index (χ1v) is 2.17. The summed E-state index contributed by atoms with van der Waals surface area (Å²) in [7, 11) is 0. The maximum Gasteiger partial charge on any atom is 0.168 e. The molecule has 0 aromatic rings. The Balaban J connectivity index is -0.0000000180. The molecule has 1 radical (unpaired) electrons. The van der Waals surface area contributed by atoms with E-state index in [4.69, 9.17) is 5.73 Å². The van der Waals surface area contributed by atoms with Gasteiger partial charge in [-0.1, -0.05) is 6.08 Å². The van der Waals surface area contributed by atoms with Gasteiger partial charge in [0, 0.05) is 22.4 Å². The first-order chi connectivity index (χ1) is 3.31. The van der Waals surface area contributed by atoms with Crippen LogP contribution in [0.2, 0.25) is 0 Å². The summed E-state index contributed by atoms with van der Waals surface area (Å²) in [6, 6.07) is 0. The smallest absolute Gasteiger partial charge is 0.168 e. The molecule has 0 unspecified atom stereocenters. The topological polar surface area (TPSA) is 43.1 Å². The first kappa shape index (κ1) is 40.8. The number of allylic oxidation sites excluding steroid dienone is 1. The van der Waals surface area contributed by atoms with Crippen LogP contribution in [0.5, 0.6) is 0 Å². The largest absolute Gasteiger partial charge is 0.324 e. The number of rotatable bonds is 2. The number of ketones is 1. The third-order valence-corrected chi connectivity index (χ3v) is 0.554. The van der Waals surface area contributed by atoms with Crippen molar-refractivity contribution in [2.75, 3.05) is 6.54 Å². The molecule has 12 heavy (non-hydrogen) atoms. The zero-order valence-corrected chi connectivity index (χ0v) is 8.63. The van der Waals surface area contributed by atoms with E-state index in [0.29, 0.717) is 0 Å². The van der Waals surface area contributed by atoms with Gasteiger partial charge in [-0.2, -0.15) is 0 Å². The molecule has 0 aliphatic rings. The number of nitrogens with two attached hydrogens (primary N) is 1. The molecule has 2 N–H and O–H groups in total. The third-order valence-electron chi connectivity index (χ3n) is 0.554. The number of hydrogen-bond acceptors (Lipinski definition) is 2. The van der Waals surface area contributed by atoms with Crippen molar-refractivity contribution >= 4 is 5.78 Å². The van der Waals surface area contributed by atoms with Gasteiger partial charge in [0.1, 0.15) is 0 Å². The third kappa shape index (κ3) is 32.9. The molecule has 0 spiro atoms. The summed E-state index contributed by atoms with van der Waals surface area (Å²) in [6.45, 7) is 1.90. The summed E-state index contributed by atoms with van der Waals surface area (Å²) in [5.41, 5.74) is 4.96. The molecule has 0 aromatic carbocycles. The molecule has 0 heterocycles. The molecule has 0 amide bonds. The zero-order chi connectivity index (χ0) is 5.70. The van der Waals surface area contributed by atoms with Crippen LogP contribution in [0, 0.1) is 0 Å². The Hall–Kier alpha value is -0.170. The van der Waals surface area contributed by atoms with Crippen molar-refractivity contribution in [2.45, 2.75) is 6.92 Å². The molecular weight excluding hydrogens is 259 g/mol. The summed E-state index contributed by atoms with van der Waals surface area (Å²) >= 11 is 0. The van der Waals surface area contributed by atoms with Crippen LogP contribution in [0.4, 0.5) is 18.8 Å². The average Bonchev–Trinajstić information content (AvgIpc) is 1.68. The van der Waals surface area contributed by atoms with Crippen LogP contribution in [-0.4, -0.2) is 12.3 Å². The molecule has 2 nitrogen and oxygen atoms in total. The van der Waals surface area contributed by atoms with Gasteiger partial charge in [0.15, 0.2) is 5.78 Å². The van der Waals surface area contributed by atoms with Crippen molar-refractivity contribution in [3.05, 3.63) is 12.2 Å².